The van der Waals surface area contributed by atoms with Crippen LogP contribution in [0.1, 0.15) is 0 Å². The van der Waals surface area contributed by atoms with E-state index < -0.39 is 7.60 Å². The van der Waals surface area contributed by atoms with Gasteiger partial charge in [-0.2, -0.15) is 0 Å². The molecule has 2 N–H and O–H groups in total. The van der Waals surface area contributed by atoms with Gasteiger partial charge in [0.1, 0.15) is 16.8 Å². The minimum absolute atomic E-state index is 0.108. The van der Waals surface area contributed by atoms with Gasteiger partial charge in [-0.3, -0.25) is 4.57 Å². The highest BCUT2D eigenvalue weighted by atomic mass is 31.2. The van der Waals surface area contributed by atoms with Crippen LogP contribution in [0.2, 0.25) is 0 Å². The summed E-state index contributed by atoms with van der Waals surface area (Å²) in [5, 5.41) is -0.108. The van der Waals surface area contributed by atoms with Crippen LogP contribution in [0.3, 0.4) is 0 Å². The minimum Gasteiger partial charge on any atom is -0.456 e. The SMILES string of the molecule is O=P(O)(O)c1ccccc1Oc1ccccc1.c1ccc(-c2ccccc2)cc1. The summed E-state index contributed by atoms with van der Waals surface area (Å²) < 4.78 is 16.7. The van der Waals surface area contributed by atoms with E-state index in [0.29, 0.717) is 5.75 Å². The number of rotatable bonds is 4. The van der Waals surface area contributed by atoms with Crippen molar-refractivity contribution < 1.29 is 19.1 Å². The average Bonchev–Trinajstić information content (AvgIpc) is 2.76. The topological polar surface area (TPSA) is 66.8 Å². The van der Waals surface area contributed by atoms with Gasteiger partial charge in [-0.15, -0.1) is 0 Å². The predicted octanol–water partition coefficient (Wildman–Crippen LogP) is 5.64. The van der Waals surface area contributed by atoms with Crippen LogP contribution in [-0.4, -0.2) is 9.79 Å². The van der Waals surface area contributed by atoms with Crippen molar-refractivity contribution in [1.29, 1.82) is 0 Å². The summed E-state index contributed by atoms with van der Waals surface area (Å²) in [5.41, 5.74) is 2.55. The van der Waals surface area contributed by atoms with Crippen molar-refractivity contribution in [3.63, 3.8) is 0 Å². The van der Waals surface area contributed by atoms with Crippen molar-refractivity contribution in [2.45, 2.75) is 0 Å². The fraction of sp³-hybridized carbons (Fsp3) is 0. The van der Waals surface area contributed by atoms with E-state index >= 15 is 0 Å². The number of benzene rings is 4. The molecule has 0 amide bonds. The molecule has 4 rings (SSSR count). The molecule has 0 saturated heterocycles. The van der Waals surface area contributed by atoms with Crippen LogP contribution in [0.15, 0.2) is 115 Å². The zero-order valence-electron chi connectivity index (χ0n) is 15.6. The van der Waals surface area contributed by atoms with Crippen LogP contribution in [-0.2, 0) is 4.57 Å². The van der Waals surface area contributed by atoms with Gasteiger partial charge in [0.15, 0.2) is 0 Å². The van der Waals surface area contributed by atoms with Gasteiger partial charge < -0.3 is 14.5 Å². The lowest BCUT2D eigenvalue weighted by molar-refractivity contribution is 0.385. The van der Waals surface area contributed by atoms with Gasteiger partial charge in [0.2, 0.25) is 0 Å². The van der Waals surface area contributed by atoms with Crippen molar-refractivity contribution in [3.8, 4) is 22.6 Å². The Hall–Kier alpha value is -3.17. The van der Waals surface area contributed by atoms with E-state index in [1.807, 2.05) is 18.2 Å². The summed E-state index contributed by atoms with van der Waals surface area (Å²) >= 11 is 0. The molecule has 4 aromatic carbocycles. The Morgan fingerprint density at radius 3 is 1.45 bits per heavy atom. The van der Waals surface area contributed by atoms with Gasteiger partial charge in [0.05, 0.1) is 0 Å². The van der Waals surface area contributed by atoms with E-state index in [4.69, 9.17) is 4.74 Å². The zero-order valence-corrected chi connectivity index (χ0v) is 16.5. The molecule has 0 saturated carbocycles. The van der Waals surface area contributed by atoms with Crippen molar-refractivity contribution in [3.05, 3.63) is 115 Å². The summed E-state index contributed by atoms with van der Waals surface area (Å²) in [6.07, 6.45) is 0. The van der Waals surface area contributed by atoms with Crippen LogP contribution in [0.25, 0.3) is 11.1 Å². The predicted molar refractivity (Wildman–Crippen MR) is 117 cm³/mol. The average molecular weight is 404 g/mol. The van der Waals surface area contributed by atoms with Crippen LogP contribution in [0, 0.1) is 0 Å². The maximum absolute atomic E-state index is 11.3. The molecule has 0 unspecified atom stereocenters. The van der Waals surface area contributed by atoms with E-state index in [9.17, 15) is 14.4 Å². The highest BCUT2D eigenvalue weighted by Gasteiger charge is 2.22. The van der Waals surface area contributed by atoms with E-state index in [-0.39, 0.29) is 11.1 Å². The summed E-state index contributed by atoms with van der Waals surface area (Å²) in [6, 6.07) is 35.7. The summed E-state index contributed by atoms with van der Waals surface area (Å²) in [4.78, 5) is 18.4. The third-order valence-electron chi connectivity index (χ3n) is 4.03. The van der Waals surface area contributed by atoms with Crippen LogP contribution in [0.4, 0.5) is 0 Å². The molecule has 0 aliphatic heterocycles. The first kappa shape index (κ1) is 20.6. The van der Waals surface area contributed by atoms with Crippen molar-refractivity contribution in [2.75, 3.05) is 0 Å². The Kier molecular flexibility index (Phi) is 6.99. The largest absolute Gasteiger partial charge is 0.456 e. The van der Waals surface area contributed by atoms with Crippen LogP contribution < -0.4 is 10.0 Å². The molecular weight excluding hydrogens is 383 g/mol. The molecule has 146 valence electrons. The minimum atomic E-state index is -4.32. The fourth-order valence-electron chi connectivity index (χ4n) is 2.66. The van der Waals surface area contributed by atoms with Crippen molar-refractivity contribution >= 4 is 12.9 Å². The second-order valence-corrected chi connectivity index (χ2v) is 7.73. The molecule has 0 spiro atoms. The van der Waals surface area contributed by atoms with Gasteiger partial charge in [-0.1, -0.05) is 91.0 Å². The molecule has 4 nitrogen and oxygen atoms in total. The van der Waals surface area contributed by atoms with Crippen molar-refractivity contribution in [2.24, 2.45) is 0 Å². The highest BCUT2D eigenvalue weighted by Crippen LogP contribution is 2.38. The third-order valence-corrected chi connectivity index (χ3v) is 5.03. The van der Waals surface area contributed by atoms with E-state index in [1.165, 1.54) is 23.3 Å². The Morgan fingerprint density at radius 1 is 0.552 bits per heavy atom. The molecule has 4 aromatic rings. The second kappa shape index (κ2) is 9.85. The van der Waals surface area contributed by atoms with Crippen LogP contribution >= 0.6 is 7.60 Å². The summed E-state index contributed by atoms with van der Waals surface area (Å²) in [5.74, 6) is 0.709. The normalized spacial score (nSPS) is 10.6. The lowest BCUT2D eigenvalue weighted by Crippen LogP contribution is -2.07. The number of hydrogen-bond donors (Lipinski definition) is 2. The van der Waals surface area contributed by atoms with E-state index in [1.54, 1.807) is 36.4 Å². The Morgan fingerprint density at radius 2 is 0.966 bits per heavy atom. The maximum atomic E-state index is 11.3. The van der Waals surface area contributed by atoms with Crippen LogP contribution in [0.5, 0.6) is 11.5 Å². The summed E-state index contributed by atoms with van der Waals surface area (Å²) in [6.45, 7) is 0. The standard InChI is InChI=1S/C12H11O4P.C12H10/c13-17(14,15)12-9-5-4-8-11(12)16-10-6-2-1-3-7-10;1-3-7-11(8-4-1)12-9-5-2-6-10-12/h1-9H,(H2,13,14,15);1-10H. The first-order chi connectivity index (χ1) is 14.0. The molecule has 0 aliphatic carbocycles. The van der Waals surface area contributed by atoms with Gasteiger partial charge in [0, 0.05) is 0 Å². The molecular formula is C24H21O4P. The Bertz CT molecular complexity index is 1020. The smallest absolute Gasteiger partial charge is 0.359 e. The van der Waals surface area contributed by atoms with E-state index in [0.717, 1.165) is 0 Å². The molecule has 0 fully saturated rings. The van der Waals surface area contributed by atoms with Gasteiger partial charge in [-0.05, 0) is 35.4 Å². The Labute approximate surface area is 170 Å². The highest BCUT2D eigenvalue weighted by molar-refractivity contribution is 7.60. The molecule has 0 bridgehead atoms. The molecule has 29 heavy (non-hydrogen) atoms. The lowest BCUT2D eigenvalue weighted by atomic mass is 10.1. The maximum Gasteiger partial charge on any atom is 0.359 e. The quantitative estimate of drug-likeness (QED) is 0.432. The van der Waals surface area contributed by atoms with Gasteiger partial charge in [-0.25, -0.2) is 0 Å². The molecule has 0 aliphatic rings. The molecule has 0 aromatic heterocycles. The number of para-hydroxylation sites is 2. The van der Waals surface area contributed by atoms with Gasteiger partial charge in [0.25, 0.3) is 0 Å². The third kappa shape index (κ3) is 6.16. The molecule has 0 heterocycles. The monoisotopic (exact) mass is 404 g/mol. The zero-order chi connectivity index (χ0) is 20.5. The van der Waals surface area contributed by atoms with Gasteiger partial charge >= 0.3 is 7.60 Å². The number of ether oxygens (including phenoxy) is 1. The van der Waals surface area contributed by atoms with Crippen molar-refractivity contribution in [1.82, 2.24) is 0 Å². The molecule has 0 atom stereocenters. The second-order valence-electron chi connectivity index (χ2n) is 6.16. The first-order valence-electron chi connectivity index (χ1n) is 9.02. The fourth-order valence-corrected chi connectivity index (χ4v) is 3.35. The lowest BCUT2D eigenvalue weighted by Gasteiger charge is -2.11. The molecule has 5 heteroatoms. The molecule has 0 radical (unpaired) electrons. The summed E-state index contributed by atoms with van der Waals surface area (Å²) in [7, 11) is -4.32. The Balaban J connectivity index is 0.000000176. The number of hydrogen-bond acceptors (Lipinski definition) is 2. The van der Waals surface area contributed by atoms with E-state index in [2.05, 4.69) is 48.5 Å². The first-order valence-corrected chi connectivity index (χ1v) is 10.6.